The fraction of sp³-hybridized carbons (Fsp3) is 0. The highest BCUT2D eigenvalue weighted by molar-refractivity contribution is 6.24. The van der Waals surface area contributed by atoms with Crippen LogP contribution in [0.2, 0.25) is 0 Å². The second kappa shape index (κ2) is 12.6. The molecule has 55 heavy (non-hydrogen) atoms. The van der Waals surface area contributed by atoms with Crippen LogP contribution in [-0.4, -0.2) is 0 Å². The largest absolute Gasteiger partial charge is 0.455 e. The summed E-state index contributed by atoms with van der Waals surface area (Å²) in [4.78, 5) is 0.353. The van der Waals surface area contributed by atoms with Crippen molar-refractivity contribution in [2.45, 2.75) is 0 Å². The highest BCUT2D eigenvalue weighted by atomic mass is 16.3. The first-order valence-corrected chi connectivity index (χ1v) is 16.0. The van der Waals surface area contributed by atoms with E-state index in [1.54, 1.807) is 0 Å². The molecule has 0 radical (unpaired) electrons. The van der Waals surface area contributed by atoms with E-state index in [1.165, 1.54) is 0 Å². The normalized spacial score (nSPS) is 20.0. The quantitative estimate of drug-likeness (QED) is 0.170. The van der Waals surface area contributed by atoms with Crippen LogP contribution < -0.4 is 4.90 Å². The summed E-state index contributed by atoms with van der Waals surface area (Å²) in [5, 5.41) is -4.12. The van der Waals surface area contributed by atoms with E-state index in [-0.39, 0.29) is 0 Å². The van der Waals surface area contributed by atoms with Crippen molar-refractivity contribution in [3.63, 3.8) is 0 Å². The Labute approximate surface area is 364 Å². The minimum atomic E-state index is -1.32. The maximum Gasteiger partial charge on any atom is 0.143 e. The molecule has 0 amide bonds. The lowest BCUT2D eigenvalue weighted by atomic mass is 9.94. The molecule has 0 bridgehead atoms. The highest BCUT2D eigenvalue weighted by Gasteiger charge is 2.23. The molecule has 0 spiro atoms. The van der Waals surface area contributed by atoms with Crippen LogP contribution in [-0.2, 0) is 0 Å². The summed E-state index contributed by atoms with van der Waals surface area (Å²) in [5.41, 5.74) is -11.8. The van der Waals surface area contributed by atoms with Crippen LogP contribution in [0.3, 0.4) is 0 Å². The Kier molecular flexibility index (Phi) is 2.90. The number of anilines is 3. The molecule has 3 nitrogen and oxygen atoms in total. The SMILES string of the molecule is [2H]c1c([2H])c([2H])c(-c2c([2H])c([2H])c(N(c3c([2H])c([2H])c(-c4c([2H])c([2H])c([2H])c([2H])c4[2H])c([2H])c3[2H])c3c([2H])c([2H])c([2H])c4oc5c6c([2H])c([2H])c([2H])c([2H])c6c(-c6c([2H])c([2H])c([2H])c7c6oc6c([2H])c([2H])c([2H])c([2H])c67)c([2H])c5c34)c([2H])c2[2H])c([2H])c1[2H]. The highest BCUT2D eigenvalue weighted by Crippen LogP contribution is 2.48. The van der Waals surface area contributed by atoms with Crippen LogP contribution in [0.5, 0.6) is 0 Å². The van der Waals surface area contributed by atoms with Gasteiger partial charge in [0.25, 0.3) is 0 Å². The summed E-state index contributed by atoms with van der Waals surface area (Å²) in [6.07, 6.45) is 0. The Morgan fingerprint density at radius 3 is 1.51 bits per heavy atom. The van der Waals surface area contributed by atoms with Crippen molar-refractivity contribution in [2.75, 3.05) is 4.90 Å². The molecule has 0 aliphatic rings. The number of rotatable bonds is 6. The molecule has 0 aliphatic heterocycles. The first kappa shape index (κ1) is 12.6. The van der Waals surface area contributed by atoms with Gasteiger partial charge in [0.05, 0.1) is 56.3 Å². The van der Waals surface area contributed by atoms with Gasteiger partial charge in [0, 0.05) is 38.5 Å². The number of hydrogen-bond acceptors (Lipinski definition) is 3. The Hall–Kier alpha value is -7.36. The summed E-state index contributed by atoms with van der Waals surface area (Å²) in [7, 11) is 0. The lowest BCUT2D eigenvalue weighted by Gasteiger charge is -2.26. The summed E-state index contributed by atoms with van der Waals surface area (Å²) < 4.78 is 311. The summed E-state index contributed by atoms with van der Waals surface area (Å²) in [5.74, 6) is 0. The van der Waals surface area contributed by atoms with Gasteiger partial charge in [-0.05, 0) is 81.5 Å². The fourth-order valence-corrected chi connectivity index (χ4v) is 6.14. The first-order chi connectivity index (χ1) is 41.0. The zero-order valence-electron chi connectivity index (χ0n) is 60.3. The third-order valence-electron chi connectivity index (χ3n) is 8.50. The van der Waals surface area contributed by atoms with E-state index in [9.17, 15) is 20.6 Å². The lowest BCUT2D eigenvalue weighted by Crippen LogP contribution is -2.10. The van der Waals surface area contributed by atoms with Crippen molar-refractivity contribution < 1.29 is 54.1 Å². The van der Waals surface area contributed by atoms with Crippen molar-refractivity contribution in [3.05, 3.63) is 199 Å². The summed E-state index contributed by atoms with van der Waals surface area (Å²) in [6.45, 7) is 0. The fourth-order valence-electron chi connectivity index (χ4n) is 6.14. The zero-order chi connectivity index (χ0) is 65.0. The third kappa shape index (κ3) is 5.13. The maximum atomic E-state index is 10.3. The van der Waals surface area contributed by atoms with Crippen LogP contribution in [0.1, 0.15) is 45.2 Å². The number of hydrogen-bond donors (Lipinski definition) is 0. The molecule has 9 aromatic carbocycles. The van der Waals surface area contributed by atoms with Gasteiger partial charge >= 0.3 is 0 Å². The minimum absolute atomic E-state index is 0.353. The van der Waals surface area contributed by atoms with E-state index in [0.29, 0.717) is 4.90 Å². The van der Waals surface area contributed by atoms with Gasteiger partial charge in [-0.25, -0.2) is 0 Å². The summed E-state index contributed by atoms with van der Waals surface area (Å²) in [6, 6.07) is -34.6. The van der Waals surface area contributed by atoms with Crippen molar-refractivity contribution >= 4 is 71.7 Å². The molecule has 2 heterocycles. The number of para-hydroxylation sites is 2. The van der Waals surface area contributed by atoms with Gasteiger partial charge in [0.2, 0.25) is 0 Å². The number of furan rings is 2. The smallest absolute Gasteiger partial charge is 0.143 e. The number of nitrogens with zero attached hydrogens (tertiary/aromatic N) is 1. The average Bonchev–Trinajstić information content (AvgIpc) is 1.41. The van der Waals surface area contributed by atoms with Crippen LogP contribution >= 0.6 is 0 Å². The van der Waals surface area contributed by atoms with Crippen LogP contribution in [0.4, 0.5) is 17.1 Å². The number of benzene rings is 9. The predicted molar refractivity (Wildman–Crippen MR) is 229 cm³/mol. The number of fused-ring (bicyclic) bond motifs is 8. The van der Waals surface area contributed by atoms with E-state index in [0.717, 1.165) is 0 Å². The molecule has 0 fully saturated rings. The molecule has 0 atom stereocenters. The molecular weight excluding hydrogens is 671 g/mol. The molecule has 11 aromatic rings. The Morgan fingerprint density at radius 2 is 0.836 bits per heavy atom. The standard InChI is InChI=1S/C52H33NO2/c1-3-13-34(14-4-1)36-25-29-38(30-26-36)53(39-31-27-37(28-32-39)35-15-5-2-6-16-35)47-22-12-24-49-50(47)46-33-45(40-17-7-8-19-42(40)52(46)55-49)44-21-11-20-43-41-18-9-10-23-48(41)54-51(43)44/h1-33H/i1D,2D,3D,4D,5D,6D,7D,8D,9D,10D,11D,12D,13D,14D,15D,16D,17D,18D,19D,20D,21D,22D,23D,24D,25D,26D,27D,28D,29D,30D,31D,32D,33D. The monoisotopic (exact) mass is 736 g/mol. The topological polar surface area (TPSA) is 29.5 Å². The van der Waals surface area contributed by atoms with Crippen LogP contribution in [0.25, 0.3) is 88.0 Å². The van der Waals surface area contributed by atoms with Gasteiger partial charge in [-0.3, -0.25) is 0 Å². The van der Waals surface area contributed by atoms with Crippen LogP contribution in [0.15, 0.2) is 208 Å². The van der Waals surface area contributed by atoms with Gasteiger partial charge in [-0.2, -0.15) is 0 Å². The molecule has 0 N–H and O–H groups in total. The van der Waals surface area contributed by atoms with E-state index >= 15 is 0 Å². The predicted octanol–water partition coefficient (Wildman–Crippen LogP) is 15.1. The zero-order valence-corrected chi connectivity index (χ0v) is 27.3. The Morgan fingerprint density at radius 1 is 0.345 bits per heavy atom. The molecule has 11 rings (SSSR count). The third-order valence-corrected chi connectivity index (χ3v) is 8.50. The average molecular weight is 737 g/mol. The molecular formula is C52H33NO2. The van der Waals surface area contributed by atoms with Crippen molar-refractivity contribution in [1.29, 1.82) is 0 Å². The van der Waals surface area contributed by atoms with Gasteiger partial charge in [0.15, 0.2) is 0 Å². The molecule has 0 unspecified atom stereocenters. The molecule has 258 valence electrons. The van der Waals surface area contributed by atoms with Crippen molar-refractivity contribution in [2.24, 2.45) is 0 Å². The molecule has 0 saturated carbocycles. The molecule has 3 heteroatoms. The van der Waals surface area contributed by atoms with Gasteiger partial charge < -0.3 is 13.7 Å². The molecule has 0 aliphatic carbocycles. The van der Waals surface area contributed by atoms with Gasteiger partial charge in [0.1, 0.15) is 22.3 Å². The molecule has 2 aromatic heterocycles. The Balaban J connectivity index is 1.41. The maximum absolute atomic E-state index is 10.3. The lowest BCUT2D eigenvalue weighted by molar-refractivity contribution is 0.670. The van der Waals surface area contributed by atoms with Gasteiger partial charge in [-0.1, -0.05) is 151 Å². The van der Waals surface area contributed by atoms with Crippen LogP contribution in [0, 0.1) is 0 Å². The van der Waals surface area contributed by atoms with E-state index in [1.807, 2.05) is 0 Å². The minimum Gasteiger partial charge on any atom is -0.455 e. The van der Waals surface area contributed by atoms with Gasteiger partial charge in [-0.15, -0.1) is 0 Å². The van der Waals surface area contributed by atoms with Crippen molar-refractivity contribution in [3.8, 4) is 33.4 Å². The second-order valence-corrected chi connectivity index (χ2v) is 11.5. The second-order valence-electron chi connectivity index (χ2n) is 11.5. The van der Waals surface area contributed by atoms with E-state index < -0.39 is 304 Å². The first-order valence-electron chi connectivity index (χ1n) is 32.5. The Bertz CT molecular complexity index is 4890. The van der Waals surface area contributed by atoms with E-state index in [2.05, 4.69) is 0 Å². The molecule has 0 saturated heterocycles. The van der Waals surface area contributed by atoms with Crippen molar-refractivity contribution in [1.82, 2.24) is 0 Å². The van der Waals surface area contributed by atoms with E-state index in [4.69, 9.17) is 33.5 Å². The summed E-state index contributed by atoms with van der Waals surface area (Å²) >= 11 is 0.